The summed E-state index contributed by atoms with van der Waals surface area (Å²) in [6.45, 7) is 2.95. The van der Waals surface area contributed by atoms with Gasteiger partial charge in [-0.1, -0.05) is 46.3 Å². The molecule has 5 heteroatoms. The number of aryl methyl sites for hydroxylation is 1. The lowest BCUT2D eigenvalue weighted by Crippen LogP contribution is -2.32. The van der Waals surface area contributed by atoms with Crippen LogP contribution in [-0.4, -0.2) is 27.7 Å². The minimum Gasteiger partial charge on any atom is -0.438 e. The highest BCUT2D eigenvalue weighted by Gasteiger charge is 2.21. The molecule has 0 aliphatic rings. The van der Waals surface area contributed by atoms with Crippen molar-refractivity contribution in [2.45, 2.75) is 13.5 Å². The number of carbonyl (C=O) groups is 1. The molecule has 1 aromatic heterocycles. The Kier molecular flexibility index (Phi) is 4.74. The van der Waals surface area contributed by atoms with Gasteiger partial charge in [0.05, 0.1) is 5.69 Å². The van der Waals surface area contributed by atoms with Crippen LogP contribution in [0.4, 0.5) is 0 Å². The Balaban J connectivity index is 2.16. The molecule has 0 spiro atoms. The van der Waals surface area contributed by atoms with Gasteiger partial charge in [0.2, 0.25) is 5.76 Å². The lowest BCUT2D eigenvalue weighted by Gasteiger charge is -2.20. The third kappa shape index (κ3) is 3.44. The van der Waals surface area contributed by atoms with Crippen LogP contribution < -0.4 is 0 Å². The summed E-state index contributed by atoms with van der Waals surface area (Å²) in [5.41, 5.74) is 1.71. The van der Waals surface area contributed by atoms with Gasteiger partial charge in [0.1, 0.15) is 0 Å². The van der Waals surface area contributed by atoms with Gasteiger partial charge in [-0.05, 0) is 12.5 Å². The number of hydrogen-bond donors (Lipinski definition) is 0. The molecule has 4 nitrogen and oxygen atoms in total. The second-order valence-corrected chi connectivity index (χ2v) is 4.96. The number of oxazole rings is 1. The fourth-order valence-electron chi connectivity index (χ4n) is 1.81. The zero-order valence-electron chi connectivity index (χ0n) is 10.7. The molecule has 2 rings (SSSR count). The number of amides is 1. The molecule has 1 amide bonds. The molecule has 0 saturated carbocycles. The smallest absolute Gasteiger partial charge is 0.291 e. The van der Waals surface area contributed by atoms with Crippen LogP contribution in [0.5, 0.6) is 0 Å². The summed E-state index contributed by atoms with van der Waals surface area (Å²) in [4.78, 5) is 18.1. The van der Waals surface area contributed by atoms with E-state index in [9.17, 15) is 4.79 Å². The van der Waals surface area contributed by atoms with Crippen molar-refractivity contribution in [3.63, 3.8) is 0 Å². The molecule has 0 radical (unpaired) electrons. The van der Waals surface area contributed by atoms with E-state index in [1.54, 1.807) is 11.8 Å². The standard InChI is InChI=1S/C14H15BrN2O2/c1-11-13(19-10-16-11)14(18)17(8-7-15)9-12-5-3-2-4-6-12/h2-6,10H,7-9H2,1H3. The maximum Gasteiger partial charge on any atom is 0.291 e. The molecule has 19 heavy (non-hydrogen) atoms. The second-order valence-electron chi connectivity index (χ2n) is 4.17. The molecule has 0 atom stereocenters. The first-order valence-electron chi connectivity index (χ1n) is 6.01. The molecule has 0 saturated heterocycles. The molecular weight excluding hydrogens is 308 g/mol. The van der Waals surface area contributed by atoms with Crippen molar-refractivity contribution in [2.75, 3.05) is 11.9 Å². The predicted octanol–water partition coefficient (Wildman–Crippen LogP) is 3.02. The molecule has 0 bridgehead atoms. The number of benzene rings is 1. The molecule has 0 N–H and O–H groups in total. The van der Waals surface area contributed by atoms with Gasteiger partial charge < -0.3 is 9.32 Å². The van der Waals surface area contributed by atoms with Gasteiger partial charge in [0.25, 0.3) is 5.91 Å². The average molecular weight is 323 g/mol. The van der Waals surface area contributed by atoms with Crippen molar-refractivity contribution in [3.8, 4) is 0 Å². The van der Waals surface area contributed by atoms with E-state index in [-0.39, 0.29) is 5.91 Å². The normalized spacial score (nSPS) is 10.4. The van der Waals surface area contributed by atoms with E-state index in [1.807, 2.05) is 30.3 Å². The van der Waals surface area contributed by atoms with Crippen molar-refractivity contribution < 1.29 is 9.21 Å². The van der Waals surface area contributed by atoms with Gasteiger partial charge in [-0.15, -0.1) is 0 Å². The molecule has 100 valence electrons. The predicted molar refractivity (Wildman–Crippen MR) is 76.2 cm³/mol. The van der Waals surface area contributed by atoms with Crippen LogP contribution in [0.2, 0.25) is 0 Å². The molecule has 0 aliphatic carbocycles. The molecule has 1 heterocycles. The molecule has 0 fully saturated rings. The number of nitrogens with zero attached hydrogens (tertiary/aromatic N) is 2. The van der Waals surface area contributed by atoms with Crippen molar-refractivity contribution in [2.24, 2.45) is 0 Å². The molecule has 2 aromatic rings. The van der Waals surface area contributed by atoms with E-state index < -0.39 is 0 Å². The van der Waals surface area contributed by atoms with Crippen molar-refractivity contribution in [3.05, 3.63) is 53.7 Å². The molecule has 0 unspecified atom stereocenters. The third-order valence-electron chi connectivity index (χ3n) is 2.80. The van der Waals surface area contributed by atoms with Crippen molar-refractivity contribution in [1.82, 2.24) is 9.88 Å². The summed E-state index contributed by atoms with van der Waals surface area (Å²) in [5.74, 6) is 0.190. The molecule has 0 aliphatic heterocycles. The zero-order valence-corrected chi connectivity index (χ0v) is 12.3. The van der Waals surface area contributed by atoms with E-state index in [4.69, 9.17) is 4.42 Å². The Morgan fingerprint density at radius 3 is 2.68 bits per heavy atom. The lowest BCUT2D eigenvalue weighted by molar-refractivity contribution is 0.0721. The Labute approximate surface area is 120 Å². The number of rotatable bonds is 5. The van der Waals surface area contributed by atoms with E-state index in [0.29, 0.717) is 24.5 Å². The summed E-state index contributed by atoms with van der Waals surface area (Å²) in [6, 6.07) is 9.89. The first-order chi connectivity index (χ1) is 9.22. The van der Waals surface area contributed by atoms with Gasteiger partial charge in [-0.2, -0.15) is 0 Å². The van der Waals surface area contributed by atoms with Crippen LogP contribution in [-0.2, 0) is 6.54 Å². The van der Waals surface area contributed by atoms with Crippen molar-refractivity contribution in [1.29, 1.82) is 0 Å². The van der Waals surface area contributed by atoms with Crippen LogP contribution in [0, 0.1) is 6.92 Å². The minimum atomic E-state index is -0.127. The topological polar surface area (TPSA) is 46.3 Å². The summed E-state index contributed by atoms with van der Waals surface area (Å²) in [6.07, 6.45) is 1.30. The van der Waals surface area contributed by atoms with E-state index >= 15 is 0 Å². The van der Waals surface area contributed by atoms with Gasteiger partial charge in [-0.25, -0.2) is 4.98 Å². The maximum atomic E-state index is 12.4. The first kappa shape index (κ1) is 13.8. The highest BCUT2D eigenvalue weighted by atomic mass is 79.9. The zero-order chi connectivity index (χ0) is 13.7. The summed E-state index contributed by atoms with van der Waals surface area (Å²) >= 11 is 3.37. The van der Waals surface area contributed by atoms with Gasteiger partial charge in [-0.3, -0.25) is 4.79 Å². The Morgan fingerprint density at radius 1 is 1.37 bits per heavy atom. The van der Waals surface area contributed by atoms with Gasteiger partial charge >= 0.3 is 0 Å². The Bertz CT molecular complexity index is 539. The minimum absolute atomic E-state index is 0.127. The third-order valence-corrected chi connectivity index (χ3v) is 3.15. The highest BCUT2D eigenvalue weighted by Crippen LogP contribution is 2.13. The number of aromatic nitrogens is 1. The monoisotopic (exact) mass is 322 g/mol. The van der Waals surface area contributed by atoms with Crippen LogP contribution >= 0.6 is 15.9 Å². The lowest BCUT2D eigenvalue weighted by atomic mass is 10.2. The first-order valence-corrected chi connectivity index (χ1v) is 7.13. The second kappa shape index (κ2) is 6.52. The largest absolute Gasteiger partial charge is 0.438 e. The maximum absolute atomic E-state index is 12.4. The fraction of sp³-hybridized carbons (Fsp3) is 0.286. The fourth-order valence-corrected chi connectivity index (χ4v) is 2.24. The van der Waals surface area contributed by atoms with E-state index in [2.05, 4.69) is 20.9 Å². The SMILES string of the molecule is Cc1ncoc1C(=O)N(CCBr)Cc1ccccc1. The molecule has 1 aromatic carbocycles. The number of carbonyl (C=O) groups excluding carboxylic acids is 1. The quantitative estimate of drug-likeness (QED) is 0.795. The number of hydrogen-bond acceptors (Lipinski definition) is 3. The summed E-state index contributed by atoms with van der Waals surface area (Å²) in [5, 5.41) is 0.721. The van der Waals surface area contributed by atoms with Crippen LogP contribution in [0.15, 0.2) is 41.1 Å². The number of alkyl halides is 1. The molecular formula is C14H15BrN2O2. The van der Waals surface area contributed by atoms with E-state index in [0.717, 1.165) is 10.9 Å². The van der Waals surface area contributed by atoms with Crippen molar-refractivity contribution >= 4 is 21.8 Å². The van der Waals surface area contributed by atoms with Gasteiger partial charge in [0.15, 0.2) is 6.39 Å². The van der Waals surface area contributed by atoms with Crippen LogP contribution in [0.1, 0.15) is 21.8 Å². The Morgan fingerprint density at radius 2 is 2.11 bits per heavy atom. The van der Waals surface area contributed by atoms with Crippen LogP contribution in [0.3, 0.4) is 0 Å². The summed E-state index contributed by atoms with van der Waals surface area (Å²) < 4.78 is 5.17. The summed E-state index contributed by atoms with van der Waals surface area (Å²) in [7, 11) is 0. The average Bonchev–Trinajstić information content (AvgIpc) is 2.85. The Hall–Kier alpha value is -1.62. The van der Waals surface area contributed by atoms with Gasteiger partial charge in [0, 0.05) is 18.4 Å². The highest BCUT2D eigenvalue weighted by molar-refractivity contribution is 9.09. The van der Waals surface area contributed by atoms with Crippen LogP contribution in [0.25, 0.3) is 0 Å². The van der Waals surface area contributed by atoms with E-state index in [1.165, 1.54) is 6.39 Å². The number of halogens is 1.